The van der Waals surface area contributed by atoms with Gasteiger partial charge in [0, 0.05) is 0 Å². The molecule has 0 heterocycles. The molecule has 0 radical (unpaired) electrons. The maximum Gasteiger partial charge on any atom is 0.0650 e. The second kappa shape index (κ2) is 6.13. The van der Waals surface area contributed by atoms with E-state index in [1.165, 1.54) is 6.42 Å². The van der Waals surface area contributed by atoms with E-state index in [1.807, 2.05) is 0 Å². The lowest BCUT2D eigenvalue weighted by molar-refractivity contribution is 0.343. The van der Waals surface area contributed by atoms with Crippen LogP contribution in [-0.4, -0.2) is 6.54 Å². The predicted molar refractivity (Wildman–Crippen MR) is 47.1 cm³/mol. The van der Waals surface area contributed by atoms with Gasteiger partial charge in [-0.25, -0.2) is 0 Å². The van der Waals surface area contributed by atoms with Crippen LogP contribution in [-0.2, 0) is 0 Å². The average molecular weight is 157 g/mol. The molecular weight excluding hydrogens is 138 g/mol. The zero-order valence-electron chi connectivity index (χ0n) is 7.75. The van der Waals surface area contributed by atoms with Crippen molar-refractivity contribution < 1.29 is 0 Å². The van der Waals surface area contributed by atoms with Crippen molar-refractivity contribution in [1.82, 2.24) is 0 Å². The highest BCUT2D eigenvalue weighted by atomic mass is 15.3. The first-order valence-corrected chi connectivity index (χ1v) is 4.32. The van der Waals surface area contributed by atoms with E-state index < -0.39 is 0 Å². The normalized spacial score (nSPS) is 17.0. The molecule has 2 atom stereocenters. The van der Waals surface area contributed by atoms with Gasteiger partial charge in [0.05, 0.1) is 6.54 Å². The third kappa shape index (κ3) is 3.96. The minimum atomic E-state index is 0.646. The Bertz CT molecular complexity index is 112. The SMILES string of the molecule is CCC(C)C(CC)CN=NN. The van der Waals surface area contributed by atoms with Gasteiger partial charge in [-0.3, -0.25) is 0 Å². The van der Waals surface area contributed by atoms with E-state index in [0.29, 0.717) is 5.92 Å². The lowest BCUT2D eigenvalue weighted by atomic mass is 9.90. The molecule has 0 spiro atoms. The van der Waals surface area contributed by atoms with Gasteiger partial charge in [0.1, 0.15) is 0 Å². The molecule has 3 heteroatoms. The van der Waals surface area contributed by atoms with Crippen LogP contribution in [0.3, 0.4) is 0 Å². The third-order valence-electron chi connectivity index (χ3n) is 2.37. The fourth-order valence-electron chi connectivity index (χ4n) is 1.20. The molecule has 0 rings (SSSR count). The highest BCUT2D eigenvalue weighted by molar-refractivity contribution is 4.64. The molecule has 0 saturated heterocycles. The van der Waals surface area contributed by atoms with Crippen LogP contribution >= 0.6 is 0 Å². The lowest BCUT2D eigenvalue weighted by Crippen LogP contribution is -2.13. The Morgan fingerprint density at radius 1 is 1.27 bits per heavy atom. The first-order chi connectivity index (χ1) is 5.26. The molecule has 0 saturated carbocycles. The fourth-order valence-corrected chi connectivity index (χ4v) is 1.20. The summed E-state index contributed by atoms with van der Waals surface area (Å²) in [5, 5.41) is 7.08. The molecule has 66 valence electrons. The molecule has 2 N–H and O–H groups in total. The summed E-state index contributed by atoms with van der Waals surface area (Å²) in [4.78, 5) is 0. The summed E-state index contributed by atoms with van der Waals surface area (Å²) < 4.78 is 0. The highest BCUT2D eigenvalue weighted by Gasteiger charge is 2.12. The number of nitrogens with zero attached hydrogens (tertiary/aromatic N) is 2. The number of rotatable bonds is 5. The monoisotopic (exact) mass is 157 g/mol. The molecule has 0 aliphatic carbocycles. The van der Waals surface area contributed by atoms with Crippen LogP contribution in [0, 0.1) is 11.8 Å². The van der Waals surface area contributed by atoms with Gasteiger partial charge in [-0.15, -0.1) is 0 Å². The summed E-state index contributed by atoms with van der Waals surface area (Å²) in [6, 6.07) is 0. The van der Waals surface area contributed by atoms with E-state index in [9.17, 15) is 0 Å². The van der Waals surface area contributed by atoms with Crippen molar-refractivity contribution in [3.8, 4) is 0 Å². The third-order valence-corrected chi connectivity index (χ3v) is 2.37. The van der Waals surface area contributed by atoms with Crippen LogP contribution in [0.1, 0.15) is 33.6 Å². The molecule has 11 heavy (non-hydrogen) atoms. The lowest BCUT2D eigenvalue weighted by Gasteiger charge is -2.18. The van der Waals surface area contributed by atoms with Gasteiger partial charge in [0.2, 0.25) is 0 Å². The van der Waals surface area contributed by atoms with Gasteiger partial charge < -0.3 is 5.84 Å². The molecule has 2 unspecified atom stereocenters. The maximum absolute atomic E-state index is 4.93. The molecule has 0 fully saturated rings. The summed E-state index contributed by atoms with van der Waals surface area (Å²) in [6.07, 6.45) is 2.37. The summed E-state index contributed by atoms with van der Waals surface area (Å²) in [6.45, 7) is 7.41. The van der Waals surface area contributed by atoms with Crippen LogP contribution in [0.5, 0.6) is 0 Å². The minimum Gasteiger partial charge on any atom is -0.305 e. The van der Waals surface area contributed by atoms with Crippen molar-refractivity contribution in [2.45, 2.75) is 33.6 Å². The Morgan fingerprint density at radius 3 is 2.27 bits per heavy atom. The van der Waals surface area contributed by atoms with Crippen molar-refractivity contribution in [1.29, 1.82) is 0 Å². The molecule has 0 aromatic heterocycles. The van der Waals surface area contributed by atoms with Crippen LogP contribution in [0.25, 0.3) is 0 Å². The predicted octanol–water partition coefficient (Wildman–Crippen LogP) is 2.38. The Hall–Kier alpha value is -0.600. The van der Waals surface area contributed by atoms with Gasteiger partial charge >= 0.3 is 0 Å². The summed E-state index contributed by atoms with van der Waals surface area (Å²) in [7, 11) is 0. The van der Waals surface area contributed by atoms with Crippen LogP contribution in [0.15, 0.2) is 10.3 Å². The minimum absolute atomic E-state index is 0.646. The van der Waals surface area contributed by atoms with Gasteiger partial charge in [-0.05, 0) is 11.8 Å². The molecule has 3 nitrogen and oxygen atoms in total. The van der Waals surface area contributed by atoms with Crippen LogP contribution in [0.4, 0.5) is 0 Å². The zero-order valence-corrected chi connectivity index (χ0v) is 7.75. The molecule has 0 aromatic rings. The van der Waals surface area contributed by atoms with Gasteiger partial charge in [-0.1, -0.05) is 38.8 Å². The average Bonchev–Trinajstić information content (AvgIpc) is 2.05. The van der Waals surface area contributed by atoms with Gasteiger partial charge in [0.25, 0.3) is 0 Å². The molecule has 0 amide bonds. The summed E-state index contributed by atoms with van der Waals surface area (Å²) in [5.74, 6) is 6.30. The Kier molecular flexibility index (Phi) is 5.80. The Morgan fingerprint density at radius 2 is 1.91 bits per heavy atom. The summed E-state index contributed by atoms with van der Waals surface area (Å²) >= 11 is 0. The van der Waals surface area contributed by atoms with E-state index in [4.69, 9.17) is 5.84 Å². The van der Waals surface area contributed by atoms with Crippen molar-refractivity contribution in [3.05, 3.63) is 0 Å². The van der Waals surface area contributed by atoms with Gasteiger partial charge in [-0.2, -0.15) is 5.11 Å². The second-order valence-corrected chi connectivity index (χ2v) is 2.99. The smallest absolute Gasteiger partial charge is 0.0650 e. The van der Waals surface area contributed by atoms with E-state index in [0.717, 1.165) is 18.9 Å². The standard InChI is InChI=1S/C8H19N3/c1-4-7(3)8(5-2)6-10-11-9/h7-8H,4-6H2,1-3H3,(H2,9,10). The van der Waals surface area contributed by atoms with Crippen molar-refractivity contribution >= 4 is 0 Å². The van der Waals surface area contributed by atoms with Crippen molar-refractivity contribution in [3.63, 3.8) is 0 Å². The number of nitrogens with two attached hydrogens (primary N) is 1. The zero-order chi connectivity index (χ0) is 8.69. The molecule has 0 aliphatic heterocycles. The van der Waals surface area contributed by atoms with Crippen molar-refractivity contribution in [2.24, 2.45) is 28.0 Å². The van der Waals surface area contributed by atoms with Gasteiger partial charge in [0.15, 0.2) is 0 Å². The van der Waals surface area contributed by atoms with Crippen LogP contribution in [0.2, 0.25) is 0 Å². The van der Waals surface area contributed by atoms with E-state index in [2.05, 4.69) is 31.1 Å². The van der Waals surface area contributed by atoms with Crippen molar-refractivity contribution in [2.75, 3.05) is 6.54 Å². The maximum atomic E-state index is 4.93. The number of hydrogen-bond acceptors (Lipinski definition) is 2. The highest BCUT2D eigenvalue weighted by Crippen LogP contribution is 2.18. The fraction of sp³-hybridized carbons (Fsp3) is 1.00. The molecular formula is C8H19N3. The van der Waals surface area contributed by atoms with E-state index >= 15 is 0 Å². The van der Waals surface area contributed by atoms with Crippen LogP contribution < -0.4 is 5.84 Å². The number of hydrogen-bond donors (Lipinski definition) is 1. The Balaban J connectivity index is 3.74. The van der Waals surface area contributed by atoms with E-state index in [-0.39, 0.29) is 0 Å². The largest absolute Gasteiger partial charge is 0.305 e. The summed E-state index contributed by atoms with van der Waals surface area (Å²) in [5.41, 5.74) is 0. The topological polar surface area (TPSA) is 50.7 Å². The first kappa shape index (κ1) is 10.4. The quantitative estimate of drug-likeness (QED) is 0.372. The molecule has 0 aromatic carbocycles. The first-order valence-electron chi connectivity index (χ1n) is 4.32. The second-order valence-electron chi connectivity index (χ2n) is 2.99. The molecule has 0 aliphatic rings. The Labute approximate surface area is 69.1 Å². The molecule has 0 bridgehead atoms. The van der Waals surface area contributed by atoms with E-state index in [1.54, 1.807) is 0 Å².